The zero-order chi connectivity index (χ0) is 16.3. The van der Waals surface area contributed by atoms with E-state index in [-0.39, 0.29) is 0 Å². The fourth-order valence-electron chi connectivity index (χ4n) is 2.96. The number of benzene rings is 1. The second kappa shape index (κ2) is 6.58. The molecule has 2 aromatic rings. The minimum absolute atomic E-state index is 0.449. The second-order valence-corrected chi connectivity index (χ2v) is 5.81. The molecule has 0 unspecified atom stereocenters. The Bertz CT molecular complexity index is 663. The molecular weight excluding hydrogens is 294 g/mol. The van der Waals surface area contributed by atoms with E-state index in [1.54, 1.807) is 0 Å². The van der Waals surface area contributed by atoms with Gasteiger partial charge in [-0.05, 0) is 44.9 Å². The molecule has 0 radical (unpaired) electrons. The van der Waals surface area contributed by atoms with Crippen molar-refractivity contribution < 1.29 is 14.0 Å². The third-order valence-corrected chi connectivity index (χ3v) is 4.16. The quantitative estimate of drug-likeness (QED) is 0.880. The van der Waals surface area contributed by atoms with Crippen LogP contribution < -0.4 is 15.2 Å². The van der Waals surface area contributed by atoms with Crippen LogP contribution >= 0.6 is 0 Å². The number of hydrogen-bond donors (Lipinski definition) is 1. The van der Waals surface area contributed by atoms with E-state index in [1.165, 1.54) is 0 Å². The highest BCUT2D eigenvalue weighted by Crippen LogP contribution is 2.37. The Morgan fingerprint density at radius 2 is 1.83 bits per heavy atom. The predicted octanol–water partition coefficient (Wildman–Crippen LogP) is 3.26. The lowest BCUT2D eigenvalue weighted by Crippen LogP contribution is -2.34. The molecule has 6 heteroatoms. The average Bonchev–Trinajstić information content (AvgIpc) is 3.19. The summed E-state index contributed by atoms with van der Waals surface area (Å²) in [7, 11) is 0. The maximum Gasteiger partial charge on any atom is 0.258 e. The molecule has 6 nitrogen and oxygen atoms in total. The molecule has 2 N–H and O–H groups in total. The third kappa shape index (κ3) is 3.17. The lowest BCUT2D eigenvalue weighted by atomic mass is 9.99. The van der Waals surface area contributed by atoms with Gasteiger partial charge in [-0.2, -0.15) is 4.98 Å². The van der Waals surface area contributed by atoms with E-state index >= 15 is 0 Å². The highest BCUT2D eigenvalue weighted by molar-refractivity contribution is 5.59. The first-order chi connectivity index (χ1) is 11.2. The van der Waals surface area contributed by atoms with Gasteiger partial charge >= 0.3 is 0 Å². The van der Waals surface area contributed by atoms with Crippen LogP contribution in [-0.4, -0.2) is 23.4 Å². The van der Waals surface area contributed by atoms with Crippen LogP contribution in [0.4, 0.5) is 0 Å². The summed E-state index contributed by atoms with van der Waals surface area (Å²) in [6.45, 7) is 5.02. The molecular formula is C17H23N3O3. The van der Waals surface area contributed by atoms with Crippen LogP contribution in [-0.2, 0) is 5.54 Å². The van der Waals surface area contributed by atoms with Crippen molar-refractivity contribution in [1.82, 2.24) is 10.1 Å². The monoisotopic (exact) mass is 317 g/mol. The van der Waals surface area contributed by atoms with Gasteiger partial charge in [0.15, 0.2) is 17.3 Å². The van der Waals surface area contributed by atoms with Crippen molar-refractivity contribution in [2.75, 3.05) is 13.2 Å². The summed E-state index contributed by atoms with van der Waals surface area (Å²) in [6, 6.07) is 5.62. The molecule has 124 valence electrons. The van der Waals surface area contributed by atoms with Crippen LogP contribution in [0.25, 0.3) is 11.5 Å². The summed E-state index contributed by atoms with van der Waals surface area (Å²) >= 11 is 0. The summed E-state index contributed by atoms with van der Waals surface area (Å²) in [6.07, 6.45) is 4.02. The summed E-state index contributed by atoms with van der Waals surface area (Å²) in [4.78, 5) is 4.51. The van der Waals surface area contributed by atoms with Crippen molar-refractivity contribution in [3.63, 3.8) is 0 Å². The molecule has 0 aliphatic heterocycles. The molecule has 1 heterocycles. The molecule has 23 heavy (non-hydrogen) atoms. The van der Waals surface area contributed by atoms with Crippen LogP contribution in [0.15, 0.2) is 22.7 Å². The van der Waals surface area contributed by atoms with E-state index in [0.717, 1.165) is 31.2 Å². The lowest BCUT2D eigenvalue weighted by Gasteiger charge is -2.17. The van der Waals surface area contributed by atoms with Gasteiger partial charge in [0.1, 0.15) is 0 Å². The predicted molar refractivity (Wildman–Crippen MR) is 86.4 cm³/mol. The first-order valence-electron chi connectivity index (χ1n) is 8.19. The standard InChI is InChI=1S/C17H23N3O3/c1-3-21-13-8-7-12(11-14(13)22-4-2)15-19-16(20-23-15)17(18)9-5-6-10-17/h7-8,11H,3-6,9-10,18H2,1-2H3. The highest BCUT2D eigenvalue weighted by Gasteiger charge is 2.36. The Kier molecular flexibility index (Phi) is 4.52. The van der Waals surface area contributed by atoms with Crippen molar-refractivity contribution in [3.8, 4) is 23.0 Å². The van der Waals surface area contributed by atoms with Crippen molar-refractivity contribution in [2.24, 2.45) is 5.73 Å². The van der Waals surface area contributed by atoms with Gasteiger partial charge < -0.3 is 19.7 Å². The topological polar surface area (TPSA) is 83.4 Å². The molecule has 3 rings (SSSR count). The van der Waals surface area contributed by atoms with Gasteiger partial charge in [0, 0.05) is 5.56 Å². The Morgan fingerprint density at radius 1 is 1.13 bits per heavy atom. The Balaban J connectivity index is 1.89. The Labute approximate surface area is 136 Å². The molecule has 1 aromatic carbocycles. The van der Waals surface area contributed by atoms with Crippen LogP contribution in [0, 0.1) is 0 Å². The van der Waals surface area contributed by atoms with Gasteiger partial charge in [0.2, 0.25) is 0 Å². The number of nitrogens with two attached hydrogens (primary N) is 1. The number of rotatable bonds is 6. The molecule has 1 aliphatic rings. The highest BCUT2D eigenvalue weighted by atomic mass is 16.5. The fourth-order valence-corrected chi connectivity index (χ4v) is 2.96. The smallest absolute Gasteiger partial charge is 0.258 e. The maximum absolute atomic E-state index is 6.38. The largest absolute Gasteiger partial charge is 0.490 e. The molecule has 0 spiro atoms. The van der Waals surface area contributed by atoms with Crippen LogP contribution in [0.3, 0.4) is 0 Å². The molecule has 0 atom stereocenters. The minimum atomic E-state index is -0.449. The van der Waals surface area contributed by atoms with Crippen LogP contribution in [0.2, 0.25) is 0 Å². The molecule has 1 fully saturated rings. The van der Waals surface area contributed by atoms with Crippen LogP contribution in [0.5, 0.6) is 11.5 Å². The van der Waals surface area contributed by atoms with Crippen molar-refractivity contribution >= 4 is 0 Å². The summed E-state index contributed by atoms with van der Waals surface area (Å²) < 4.78 is 16.6. The van der Waals surface area contributed by atoms with E-state index in [0.29, 0.717) is 36.4 Å². The number of aromatic nitrogens is 2. The fraction of sp³-hybridized carbons (Fsp3) is 0.529. The zero-order valence-corrected chi connectivity index (χ0v) is 13.7. The second-order valence-electron chi connectivity index (χ2n) is 5.81. The van der Waals surface area contributed by atoms with Crippen molar-refractivity contribution in [3.05, 3.63) is 24.0 Å². The molecule has 1 saturated carbocycles. The summed E-state index contributed by atoms with van der Waals surface area (Å²) in [5.74, 6) is 2.44. The van der Waals surface area contributed by atoms with E-state index in [4.69, 9.17) is 19.7 Å². The molecule has 0 amide bonds. The average molecular weight is 317 g/mol. The maximum atomic E-state index is 6.38. The first-order valence-corrected chi connectivity index (χ1v) is 8.19. The number of hydrogen-bond acceptors (Lipinski definition) is 6. The van der Waals surface area contributed by atoms with Gasteiger partial charge in [-0.1, -0.05) is 18.0 Å². The minimum Gasteiger partial charge on any atom is -0.490 e. The van der Waals surface area contributed by atoms with Crippen LogP contribution in [0.1, 0.15) is 45.4 Å². The van der Waals surface area contributed by atoms with Gasteiger partial charge in [-0.15, -0.1) is 0 Å². The molecule has 1 aliphatic carbocycles. The van der Waals surface area contributed by atoms with E-state index in [2.05, 4.69) is 10.1 Å². The Morgan fingerprint density at radius 3 is 2.52 bits per heavy atom. The Hall–Kier alpha value is -2.08. The van der Waals surface area contributed by atoms with E-state index < -0.39 is 5.54 Å². The molecule has 0 saturated heterocycles. The summed E-state index contributed by atoms with van der Waals surface area (Å²) in [5, 5.41) is 4.10. The zero-order valence-electron chi connectivity index (χ0n) is 13.7. The normalized spacial score (nSPS) is 16.5. The first kappa shape index (κ1) is 15.8. The molecule has 1 aromatic heterocycles. The van der Waals surface area contributed by atoms with Gasteiger partial charge in [0.25, 0.3) is 5.89 Å². The van der Waals surface area contributed by atoms with E-state index in [1.807, 2.05) is 32.0 Å². The third-order valence-electron chi connectivity index (χ3n) is 4.16. The molecule has 0 bridgehead atoms. The summed E-state index contributed by atoms with van der Waals surface area (Å²) in [5.41, 5.74) is 6.74. The van der Waals surface area contributed by atoms with Gasteiger partial charge in [-0.25, -0.2) is 0 Å². The SMILES string of the molecule is CCOc1ccc(-c2nc(C3(N)CCCC3)no2)cc1OCC. The van der Waals surface area contributed by atoms with E-state index in [9.17, 15) is 0 Å². The van der Waals surface area contributed by atoms with Gasteiger partial charge in [-0.3, -0.25) is 0 Å². The number of nitrogens with zero attached hydrogens (tertiary/aromatic N) is 2. The van der Waals surface area contributed by atoms with Crippen molar-refractivity contribution in [1.29, 1.82) is 0 Å². The van der Waals surface area contributed by atoms with Gasteiger partial charge in [0.05, 0.1) is 18.8 Å². The van der Waals surface area contributed by atoms with Crippen molar-refractivity contribution in [2.45, 2.75) is 45.1 Å². The number of ether oxygens (including phenoxy) is 2. The lowest BCUT2D eigenvalue weighted by molar-refractivity contribution is 0.288.